The van der Waals surface area contributed by atoms with Crippen LogP contribution in [-0.4, -0.2) is 36.2 Å². The summed E-state index contributed by atoms with van der Waals surface area (Å²) in [5.41, 5.74) is 1.64. The summed E-state index contributed by atoms with van der Waals surface area (Å²) in [6.45, 7) is 2.49. The summed E-state index contributed by atoms with van der Waals surface area (Å²) in [5.74, 6) is 0.396. The van der Waals surface area contributed by atoms with Gasteiger partial charge in [0, 0.05) is 30.1 Å². The summed E-state index contributed by atoms with van der Waals surface area (Å²) in [5, 5.41) is 2.91. The summed E-state index contributed by atoms with van der Waals surface area (Å²) >= 11 is 0. The SMILES string of the molecule is O=C(CCN1CCC(C(=O)c2ccccc2)CC1)Nc1ccccc1. The number of hydrogen-bond acceptors (Lipinski definition) is 3. The first-order chi connectivity index (χ1) is 12.2. The molecule has 130 valence electrons. The second-order valence-electron chi connectivity index (χ2n) is 6.51. The van der Waals surface area contributed by atoms with Crippen molar-refractivity contribution in [2.24, 2.45) is 5.92 Å². The van der Waals surface area contributed by atoms with Gasteiger partial charge in [-0.05, 0) is 38.1 Å². The molecule has 0 unspecified atom stereocenters. The number of ketones is 1. The summed E-state index contributed by atoms with van der Waals surface area (Å²) in [4.78, 5) is 26.8. The standard InChI is InChI=1S/C21H24N2O2/c24-20(22-19-9-5-2-6-10-19)13-16-23-14-11-18(12-15-23)21(25)17-7-3-1-4-8-17/h1-10,18H,11-16H2,(H,22,24). The van der Waals surface area contributed by atoms with E-state index in [1.807, 2.05) is 60.7 Å². The van der Waals surface area contributed by atoms with Gasteiger partial charge in [0.2, 0.25) is 5.91 Å². The molecule has 1 fully saturated rings. The third-order valence-electron chi connectivity index (χ3n) is 4.73. The molecule has 1 heterocycles. The summed E-state index contributed by atoms with van der Waals surface area (Å²) in [6.07, 6.45) is 2.22. The van der Waals surface area contributed by atoms with Crippen molar-refractivity contribution in [2.45, 2.75) is 19.3 Å². The number of carbonyl (C=O) groups excluding carboxylic acids is 2. The van der Waals surface area contributed by atoms with Gasteiger partial charge in [0.15, 0.2) is 5.78 Å². The Kier molecular flexibility index (Phi) is 5.96. The van der Waals surface area contributed by atoms with E-state index in [2.05, 4.69) is 10.2 Å². The van der Waals surface area contributed by atoms with Crippen LogP contribution in [0.5, 0.6) is 0 Å². The van der Waals surface area contributed by atoms with Crippen LogP contribution in [0.2, 0.25) is 0 Å². The van der Waals surface area contributed by atoms with Crippen molar-refractivity contribution in [1.82, 2.24) is 4.90 Å². The van der Waals surface area contributed by atoms with Gasteiger partial charge in [0.05, 0.1) is 0 Å². The Bertz CT molecular complexity index is 692. The predicted molar refractivity (Wildman–Crippen MR) is 99.6 cm³/mol. The van der Waals surface area contributed by atoms with Gasteiger partial charge < -0.3 is 10.2 Å². The predicted octanol–water partition coefficient (Wildman–Crippen LogP) is 3.61. The van der Waals surface area contributed by atoms with Gasteiger partial charge in [-0.3, -0.25) is 9.59 Å². The molecule has 2 aromatic rings. The fraction of sp³-hybridized carbons (Fsp3) is 0.333. The number of nitrogens with one attached hydrogen (secondary N) is 1. The second-order valence-corrected chi connectivity index (χ2v) is 6.51. The fourth-order valence-electron chi connectivity index (χ4n) is 3.26. The van der Waals surface area contributed by atoms with Crippen LogP contribution in [0.15, 0.2) is 60.7 Å². The highest BCUT2D eigenvalue weighted by Crippen LogP contribution is 2.22. The molecule has 4 nitrogen and oxygen atoms in total. The number of anilines is 1. The van der Waals surface area contributed by atoms with Crippen molar-refractivity contribution in [2.75, 3.05) is 25.0 Å². The molecule has 1 amide bonds. The average molecular weight is 336 g/mol. The minimum atomic E-state index is 0.0358. The van der Waals surface area contributed by atoms with E-state index in [0.29, 0.717) is 6.42 Å². The smallest absolute Gasteiger partial charge is 0.225 e. The highest BCUT2D eigenvalue weighted by atomic mass is 16.1. The van der Waals surface area contributed by atoms with E-state index < -0.39 is 0 Å². The van der Waals surface area contributed by atoms with Gasteiger partial charge in [0.25, 0.3) is 0 Å². The molecule has 0 aliphatic carbocycles. The summed E-state index contributed by atoms with van der Waals surface area (Å²) in [7, 11) is 0. The topological polar surface area (TPSA) is 49.4 Å². The molecule has 0 atom stereocenters. The van der Waals surface area contributed by atoms with Gasteiger partial charge >= 0.3 is 0 Å². The Morgan fingerprint density at radius 3 is 2.16 bits per heavy atom. The third-order valence-corrected chi connectivity index (χ3v) is 4.73. The molecular weight excluding hydrogens is 312 g/mol. The van der Waals surface area contributed by atoms with Crippen molar-refractivity contribution in [3.05, 3.63) is 66.2 Å². The Morgan fingerprint density at radius 1 is 0.920 bits per heavy atom. The minimum Gasteiger partial charge on any atom is -0.326 e. The maximum Gasteiger partial charge on any atom is 0.225 e. The Labute approximate surface area is 148 Å². The van der Waals surface area contributed by atoms with E-state index >= 15 is 0 Å². The van der Waals surface area contributed by atoms with Crippen molar-refractivity contribution in [1.29, 1.82) is 0 Å². The normalized spacial score (nSPS) is 15.7. The zero-order valence-electron chi connectivity index (χ0n) is 14.4. The lowest BCUT2D eigenvalue weighted by molar-refractivity contribution is -0.116. The van der Waals surface area contributed by atoms with Crippen molar-refractivity contribution in [3.63, 3.8) is 0 Å². The largest absolute Gasteiger partial charge is 0.326 e. The molecular formula is C21H24N2O2. The quantitative estimate of drug-likeness (QED) is 0.820. The Hall–Kier alpha value is -2.46. The van der Waals surface area contributed by atoms with E-state index in [1.165, 1.54) is 0 Å². The first kappa shape index (κ1) is 17.4. The zero-order chi connectivity index (χ0) is 17.5. The number of likely N-dealkylation sites (tertiary alicyclic amines) is 1. The number of amides is 1. The zero-order valence-corrected chi connectivity index (χ0v) is 14.4. The molecule has 0 bridgehead atoms. The number of rotatable bonds is 6. The molecule has 25 heavy (non-hydrogen) atoms. The second kappa shape index (κ2) is 8.58. The molecule has 1 aliphatic heterocycles. The molecule has 1 aliphatic rings. The molecule has 0 spiro atoms. The van der Waals surface area contributed by atoms with E-state index in [-0.39, 0.29) is 17.6 Å². The number of benzene rings is 2. The maximum atomic E-state index is 12.5. The van der Waals surface area contributed by atoms with Gasteiger partial charge in [-0.2, -0.15) is 0 Å². The molecule has 3 rings (SSSR count). The minimum absolute atomic E-state index is 0.0358. The van der Waals surface area contributed by atoms with Crippen molar-refractivity contribution >= 4 is 17.4 Å². The van der Waals surface area contributed by atoms with Gasteiger partial charge in [-0.15, -0.1) is 0 Å². The van der Waals surface area contributed by atoms with E-state index in [0.717, 1.165) is 43.7 Å². The number of para-hydroxylation sites is 1. The Morgan fingerprint density at radius 2 is 1.52 bits per heavy atom. The molecule has 0 radical (unpaired) electrons. The summed E-state index contributed by atoms with van der Waals surface area (Å²) in [6, 6.07) is 19.1. The van der Waals surface area contributed by atoms with E-state index in [1.54, 1.807) is 0 Å². The van der Waals surface area contributed by atoms with Crippen LogP contribution in [0, 0.1) is 5.92 Å². The van der Waals surface area contributed by atoms with Crippen LogP contribution in [0.1, 0.15) is 29.6 Å². The highest BCUT2D eigenvalue weighted by Gasteiger charge is 2.25. The van der Waals surface area contributed by atoms with Gasteiger partial charge in [-0.1, -0.05) is 48.5 Å². The lowest BCUT2D eigenvalue weighted by Crippen LogP contribution is -2.38. The number of nitrogens with zero attached hydrogens (tertiary/aromatic N) is 1. The monoisotopic (exact) mass is 336 g/mol. The number of piperidine rings is 1. The lowest BCUT2D eigenvalue weighted by atomic mass is 9.89. The van der Waals surface area contributed by atoms with Crippen LogP contribution in [0.3, 0.4) is 0 Å². The number of Topliss-reactive ketones (excluding diaryl/α,β-unsaturated/α-hetero) is 1. The van der Waals surface area contributed by atoms with Gasteiger partial charge in [-0.25, -0.2) is 0 Å². The number of carbonyl (C=O) groups is 2. The fourth-order valence-corrected chi connectivity index (χ4v) is 3.26. The van der Waals surface area contributed by atoms with Crippen molar-refractivity contribution in [3.8, 4) is 0 Å². The molecule has 1 N–H and O–H groups in total. The van der Waals surface area contributed by atoms with Crippen molar-refractivity contribution < 1.29 is 9.59 Å². The molecule has 4 heteroatoms. The average Bonchev–Trinajstić information content (AvgIpc) is 2.68. The van der Waals surface area contributed by atoms with Crippen LogP contribution < -0.4 is 5.32 Å². The maximum absolute atomic E-state index is 12.5. The van der Waals surface area contributed by atoms with E-state index in [9.17, 15) is 9.59 Å². The molecule has 0 saturated carbocycles. The van der Waals surface area contributed by atoms with Crippen LogP contribution in [-0.2, 0) is 4.79 Å². The van der Waals surface area contributed by atoms with Crippen LogP contribution in [0.4, 0.5) is 5.69 Å². The van der Waals surface area contributed by atoms with Crippen LogP contribution >= 0.6 is 0 Å². The highest BCUT2D eigenvalue weighted by molar-refractivity contribution is 5.97. The van der Waals surface area contributed by atoms with E-state index in [4.69, 9.17) is 0 Å². The molecule has 1 saturated heterocycles. The molecule has 2 aromatic carbocycles. The first-order valence-corrected chi connectivity index (χ1v) is 8.89. The summed E-state index contributed by atoms with van der Waals surface area (Å²) < 4.78 is 0. The lowest BCUT2D eigenvalue weighted by Gasteiger charge is -2.31. The third kappa shape index (κ3) is 5.00. The first-order valence-electron chi connectivity index (χ1n) is 8.89. The number of hydrogen-bond donors (Lipinski definition) is 1. The van der Waals surface area contributed by atoms with Crippen LogP contribution in [0.25, 0.3) is 0 Å². The molecule has 0 aromatic heterocycles. The van der Waals surface area contributed by atoms with Gasteiger partial charge in [0.1, 0.15) is 0 Å². The Balaban J connectivity index is 1.41.